The van der Waals surface area contributed by atoms with E-state index in [1.54, 1.807) is 0 Å². The molecule has 0 aromatic carbocycles. The van der Waals surface area contributed by atoms with Gasteiger partial charge in [-0.25, -0.2) is 12.2 Å². The third-order valence-corrected chi connectivity index (χ3v) is 0.586. The molecule has 0 amide bonds. The molecule has 0 heterocycles. The van der Waals surface area contributed by atoms with Gasteiger partial charge in [-0.15, -0.1) is 14.3 Å². The molecule has 10 heavy (non-hydrogen) atoms. The summed E-state index contributed by atoms with van der Waals surface area (Å²) in [7, 11) is 0.380. The van der Waals surface area contributed by atoms with Gasteiger partial charge in [-0.1, -0.05) is 0 Å². The van der Waals surface area contributed by atoms with Gasteiger partial charge in [0.2, 0.25) is 0 Å². The topological polar surface area (TPSA) is 0 Å². The maximum atomic E-state index is 2.99. The molecule has 0 atom stereocenters. The van der Waals surface area contributed by atoms with E-state index in [4.69, 9.17) is 0 Å². The molecular weight excluding hydrogens is 191 g/mol. The molecule has 1 aliphatic carbocycles. The van der Waals surface area contributed by atoms with Crippen molar-refractivity contribution < 1.29 is 17.1 Å². The monoisotopic (exact) mass is 204 g/mol. The fourth-order valence-electron chi connectivity index (χ4n) is 0.340. The Labute approximate surface area is 76.0 Å². The number of rotatable bonds is 0. The van der Waals surface area contributed by atoms with Crippen LogP contribution in [0.4, 0.5) is 0 Å². The molecule has 0 nitrogen and oxygen atoms in total. The molecule has 62 valence electrons. The molecule has 0 aliphatic heterocycles. The zero-order chi connectivity index (χ0) is 7.11. The molecule has 1 aliphatic rings. The van der Waals surface area contributed by atoms with E-state index in [2.05, 4.69) is 32.1 Å². The van der Waals surface area contributed by atoms with Crippen LogP contribution in [0.3, 0.4) is 0 Å². The smallest absolute Gasteiger partial charge is 0.273 e. The van der Waals surface area contributed by atoms with Gasteiger partial charge in [-0.2, -0.15) is 6.08 Å². The summed E-state index contributed by atoms with van der Waals surface area (Å²) in [4.78, 5) is 0. The van der Waals surface area contributed by atoms with Crippen LogP contribution in [0, 0.1) is 6.08 Å². The summed E-state index contributed by atoms with van der Waals surface area (Å²) in [5.41, 5.74) is 0. The molecule has 0 spiro atoms. The van der Waals surface area contributed by atoms with Gasteiger partial charge in [0.05, 0.1) is 0 Å². The Kier molecular flexibility index (Phi) is 12.3. The van der Waals surface area contributed by atoms with Crippen molar-refractivity contribution in [3.63, 3.8) is 0 Å². The number of allylic oxidation sites excluding steroid dienone is 4. The summed E-state index contributed by atoms with van der Waals surface area (Å²) in [6, 6.07) is 0. The van der Waals surface area contributed by atoms with E-state index in [0.717, 1.165) is 6.42 Å². The molecule has 0 bridgehead atoms. The van der Waals surface area contributed by atoms with Crippen molar-refractivity contribution in [1.82, 2.24) is 0 Å². The van der Waals surface area contributed by atoms with Crippen molar-refractivity contribution in [2.75, 3.05) is 20.0 Å². The number of hydrogen-bond donors (Lipinski definition) is 0. The molecule has 0 fully saturated rings. The summed E-state index contributed by atoms with van der Waals surface area (Å²) in [5.74, 6) is 0. The Bertz CT molecular complexity index is 93.1. The largest absolute Gasteiger partial charge is 1.00 e. The molecule has 0 unspecified atom stereocenters. The first-order valence-corrected chi connectivity index (χ1v) is 5.74. The van der Waals surface area contributed by atoms with E-state index in [1.165, 1.54) is 0 Å². The first kappa shape index (κ1) is 13.1. The van der Waals surface area contributed by atoms with Gasteiger partial charge in [-0.3, -0.25) is 6.08 Å². The van der Waals surface area contributed by atoms with Crippen LogP contribution >= 0.6 is 7.92 Å². The summed E-state index contributed by atoms with van der Waals surface area (Å²) < 4.78 is 0. The van der Waals surface area contributed by atoms with Gasteiger partial charge in [0.15, 0.2) is 0 Å². The summed E-state index contributed by atoms with van der Waals surface area (Å²) in [5, 5.41) is 0. The first-order valence-electron chi connectivity index (χ1n) is 3.06. The zero-order valence-corrected chi connectivity index (χ0v) is 8.52. The van der Waals surface area contributed by atoms with Crippen molar-refractivity contribution in [1.29, 1.82) is 0 Å². The predicted octanol–water partition coefficient (Wildman–Crippen LogP) is 2.66. The summed E-state index contributed by atoms with van der Waals surface area (Å²) in [6.45, 7) is 6.69. The Morgan fingerprint density at radius 1 is 1.30 bits per heavy atom. The molecule has 0 aromatic rings. The Morgan fingerprint density at radius 3 is 1.90 bits per heavy atom. The van der Waals surface area contributed by atoms with E-state index in [1.807, 2.05) is 12.2 Å². The van der Waals surface area contributed by atoms with Gasteiger partial charge < -0.3 is 0 Å². The normalized spacial score (nSPS) is 12.4. The van der Waals surface area contributed by atoms with Crippen LogP contribution in [0.5, 0.6) is 0 Å². The van der Waals surface area contributed by atoms with Crippen LogP contribution in [0.25, 0.3) is 0 Å². The molecule has 0 saturated heterocycles. The van der Waals surface area contributed by atoms with Crippen molar-refractivity contribution in [2.24, 2.45) is 0 Å². The fraction of sp³-hybridized carbons (Fsp3) is 0.500. The van der Waals surface area contributed by atoms with E-state index in [0.29, 0.717) is 7.92 Å². The third kappa shape index (κ3) is 15.8. The fourth-order valence-corrected chi connectivity index (χ4v) is 0.340. The van der Waals surface area contributed by atoms with Gasteiger partial charge in [0.1, 0.15) is 0 Å². The minimum atomic E-state index is 0. The van der Waals surface area contributed by atoms with Gasteiger partial charge in [-0.05, 0) is 20.0 Å². The molecule has 2 heteroatoms. The van der Waals surface area contributed by atoms with E-state index in [9.17, 15) is 0 Å². The van der Waals surface area contributed by atoms with Crippen molar-refractivity contribution >= 4 is 7.92 Å². The van der Waals surface area contributed by atoms with Gasteiger partial charge in [0, 0.05) is 0 Å². The van der Waals surface area contributed by atoms with Crippen LogP contribution in [0.1, 0.15) is 6.42 Å². The molecule has 0 aromatic heterocycles. The standard InChI is InChI=1S/C5H5.C3H9P.Cu/c1-2-4-5-3-1;1-4(2)3;/h1-3H,4H2;1-3H3;/q-1;;+1. The van der Waals surface area contributed by atoms with E-state index >= 15 is 0 Å². The summed E-state index contributed by atoms with van der Waals surface area (Å²) in [6.07, 6.45) is 10.0. The quantitative estimate of drug-likeness (QED) is 0.323. The van der Waals surface area contributed by atoms with Crippen molar-refractivity contribution in [3.05, 3.63) is 24.3 Å². The van der Waals surface area contributed by atoms with E-state index < -0.39 is 0 Å². The maximum absolute atomic E-state index is 2.99. The minimum Gasteiger partial charge on any atom is -0.273 e. The van der Waals surface area contributed by atoms with Crippen LogP contribution in [-0.4, -0.2) is 20.0 Å². The predicted molar refractivity (Wildman–Crippen MR) is 46.3 cm³/mol. The Balaban J connectivity index is 0. The van der Waals surface area contributed by atoms with Crippen molar-refractivity contribution in [3.8, 4) is 0 Å². The van der Waals surface area contributed by atoms with Crippen LogP contribution in [0.2, 0.25) is 0 Å². The Hall–Kier alpha value is 0.429. The number of hydrogen-bond acceptors (Lipinski definition) is 0. The summed E-state index contributed by atoms with van der Waals surface area (Å²) >= 11 is 0. The van der Waals surface area contributed by atoms with Crippen molar-refractivity contribution in [2.45, 2.75) is 6.42 Å². The van der Waals surface area contributed by atoms with Gasteiger partial charge >= 0.3 is 17.1 Å². The molecular formula is C8H14CuP. The second-order valence-electron chi connectivity index (χ2n) is 2.34. The van der Waals surface area contributed by atoms with Crippen LogP contribution in [-0.2, 0) is 17.1 Å². The average Bonchev–Trinajstić information content (AvgIpc) is 2.11. The maximum Gasteiger partial charge on any atom is 1.00 e. The second-order valence-corrected chi connectivity index (χ2v) is 5.03. The van der Waals surface area contributed by atoms with Gasteiger partial charge in [0.25, 0.3) is 0 Å². The second kappa shape index (κ2) is 9.43. The van der Waals surface area contributed by atoms with Crippen LogP contribution in [0.15, 0.2) is 18.2 Å². The first-order chi connectivity index (χ1) is 4.23. The van der Waals surface area contributed by atoms with Crippen LogP contribution < -0.4 is 0 Å². The Morgan fingerprint density at radius 2 is 1.80 bits per heavy atom. The SMILES string of the molecule is CP(C)C.[C-]1=CC=CC1.[Cu+]. The van der Waals surface area contributed by atoms with E-state index in [-0.39, 0.29) is 17.1 Å². The molecule has 0 saturated carbocycles. The third-order valence-electron chi connectivity index (χ3n) is 0.586. The zero-order valence-electron chi connectivity index (χ0n) is 6.69. The minimum absolute atomic E-state index is 0. The molecule has 0 N–H and O–H groups in total. The molecule has 1 rings (SSSR count). The average molecular weight is 205 g/mol. The molecule has 0 radical (unpaired) electrons.